The van der Waals surface area contributed by atoms with Gasteiger partial charge in [-0.1, -0.05) is 12.1 Å². The molecule has 0 aliphatic rings. The monoisotopic (exact) mass is 701 g/mol. The molecule has 0 spiro atoms. The lowest BCUT2D eigenvalue weighted by Gasteiger charge is -2.11. The van der Waals surface area contributed by atoms with Crippen LogP contribution in [-0.4, -0.2) is 53.1 Å². The molecular formula is C28H23N5O11S3. The molecule has 0 radical (unpaired) electrons. The van der Waals surface area contributed by atoms with E-state index in [0.717, 1.165) is 30.3 Å². The molecule has 5 rings (SSSR count). The molecule has 0 unspecified atom stereocenters. The first-order chi connectivity index (χ1) is 22.0. The summed E-state index contributed by atoms with van der Waals surface area (Å²) >= 11 is 0. The Labute approximate surface area is 267 Å². The first-order valence-electron chi connectivity index (χ1n) is 12.9. The molecule has 5 N–H and O–H groups in total. The molecule has 0 aliphatic heterocycles. The van der Waals surface area contributed by atoms with E-state index in [9.17, 15) is 38.9 Å². The fourth-order valence-electron chi connectivity index (χ4n) is 4.55. The number of anilines is 1. The van der Waals surface area contributed by atoms with Crippen LogP contribution in [0.3, 0.4) is 0 Å². The zero-order valence-electron chi connectivity index (χ0n) is 24.1. The number of azo groups is 2. The SMILES string of the molecule is COc1ccc(N=Nc2ccc(N=Nc3cc(OC)c(N)c4ccc(S(=O)(=O)O)cc34)c3cc(S(=O)(=O)O)ccc23)c(S(=O)(=O)O)c1. The van der Waals surface area contributed by atoms with Gasteiger partial charge in [-0.2, -0.15) is 25.3 Å². The molecule has 0 saturated carbocycles. The van der Waals surface area contributed by atoms with Gasteiger partial charge in [-0.25, -0.2) is 0 Å². The van der Waals surface area contributed by atoms with Gasteiger partial charge in [-0.05, 0) is 48.5 Å². The Balaban J connectivity index is 1.69. The Hall–Kier alpha value is -5.05. The molecule has 0 aromatic heterocycles. The summed E-state index contributed by atoms with van der Waals surface area (Å²) in [4.78, 5) is -1.50. The van der Waals surface area contributed by atoms with Gasteiger partial charge in [0.25, 0.3) is 30.4 Å². The average molecular weight is 702 g/mol. The van der Waals surface area contributed by atoms with Gasteiger partial charge in [0.1, 0.15) is 22.1 Å². The number of nitrogen functional groups attached to an aromatic ring is 1. The smallest absolute Gasteiger partial charge is 0.296 e. The molecule has 0 aliphatic carbocycles. The summed E-state index contributed by atoms with van der Waals surface area (Å²) in [6.45, 7) is 0. The predicted molar refractivity (Wildman–Crippen MR) is 170 cm³/mol. The van der Waals surface area contributed by atoms with Crippen molar-refractivity contribution in [1.82, 2.24) is 0 Å². The van der Waals surface area contributed by atoms with Crippen LogP contribution in [0, 0.1) is 0 Å². The number of fused-ring (bicyclic) bond motifs is 2. The zero-order valence-corrected chi connectivity index (χ0v) is 26.6. The van der Waals surface area contributed by atoms with E-state index in [4.69, 9.17) is 15.2 Å². The van der Waals surface area contributed by atoms with Crippen molar-refractivity contribution in [3.05, 3.63) is 72.8 Å². The van der Waals surface area contributed by atoms with E-state index in [1.165, 1.54) is 56.7 Å². The van der Waals surface area contributed by atoms with Crippen LogP contribution in [-0.2, 0) is 30.4 Å². The summed E-state index contributed by atoms with van der Waals surface area (Å²) in [6.07, 6.45) is 0. The van der Waals surface area contributed by atoms with Crippen molar-refractivity contribution in [3.8, 4) is 11.5 Å². The first-order valence-corrected chi connectivity index (χ1v) is 17.2. The van der Waals surface area contributed by atoms with Crippen LogP contribution in [0.4, 0.5) is 28.4 Å². The van der Waals surface area contributed by atoms with Gasteiger partial charge in [-0.3, -0.25) is 13.7 Å². The van der Waals surface area contributed by atoms with Crippen molar-refractivity contribution in [2.75, 3.05) is 20.0 Å². The number of hydrogen-bond acceptors (Lipinski definition) is 13. The molecule has 5 aromatic rings. The van der Waals surface area contributed by atoms with Crippen LogP contribution >= 0.6 is 0 Å². The summed E-state index contributed by atoms with van der Waals surface area (Å²) < 4.78 is 111. The maximum atomic E-state index is 12.0. The Bertz CT molecular complexity index is 2480. The summed E-state index contributed by atoms with van der Waals surface area (Å²) in [6, 6.07) is 15.1. The van der Waals surface area contributed by atoms with Gasteiger partial charge in [0, 0.05) is 33.7 Å². The second-order valence-electron chi connectivity index (χ2n) is 9.69. The molecule has 0 heterocycles. The van der Waals surface area contributed by atoms with Crippen molar-refractivity contribution in [3.63, 3.8) is 0 Å². The van der Waals surface area contributed by atoms with Crippen LogP contribution in [0.1, 0.15) is 0 Å². The predicted octanol–water partition coefficient (Wildman–Crippen LogP) is 6.16. The van der Waals surface area contributed by atoms with Gasteiger partial charge >= 0.3 is 0 Å². The number of rotatable bonds is 9. The maximum Gasteiger partial charge on any atom is 0.296 e. The summed E-state index contributed by atoms with van der Waals surface area (Å²) in [5.41, 5.74) is 6.33. The van der Waals surface area contributed by atoms with E-state index in [1.807, 2.05) is 0 Å². The van der Waals surface area contributed by atoms with E-state index in [-0.39, 0.29) is 56.1 Å². The van der Waals surface area contributed by atoms with E-state index in [1.54, 1.807) is 0 Å². The molecule has 19 heteroatoms. The van der Waals surface area contributed by atoms with Crippen LogP contribution in [0.15, 0.2) is 108 Å². The van der Waals surface area contributed by atoms with Gasteiger partial charge in [0.15, 0.2) is 0 Å². The minimum absolute atomic E-state index is 0.0578. The highest BCUT2D eigenvalue weighted by Gasteiger charge is 2.19. The highest BCUT2D eigenvalue weighted by Crippen LogP contribution is 2.41. The van der Waals surface area contributed by atoms with Crippen LogP contribution in [0.5, 0.6) is 11.5 Å². The fourth-order valence-corrected chi connectivity index (χ4v) is 6.20. The van der Waals surface area contributed by atoms with E-state index < -0.39 is 45.0 Å². The molecule has 0 bridgehead atoms. The number of hydrogen-bond donors (Lipinski definition) is 4. The van der Waals surface area contributed by atoms with Crippen molar-refractivity contribution < 1.29 is 48.4 Å². The maximum absolute atomic E-state index is 12.0. The van der Waals surface area contributed by atoms with Gasteiger partial charge in [0.05, 0.1) is 46.8 Å². The standard InChI is InChI=1S/C28H23N5O11S3/c1-43-15-3-8-24(27(11-15)47(40,41)42)32-30-22-9-10-23(20-12-16(45(34,35)36)4-6-18(20)22)31-33-25-14-26(44-2)28(29)19-7-5-17(13-21(19)25)46(37,38)39/h3-14H,29H2,1-2H3,(H,34,35,36)(H,37,38,39)(H,40,41,42). The minimum atomic E-state index is -4.73. The number of benzene rings is 5. The molecular weight excluding hydrogens is 679 g/mol. The summed E-state index contributed by atoms with van der Waals surface area (Å²) in [7, 11) is -11.3. The lowest BCUT2D eigenvalue weighted by molar-refractivity contribution is 0.412. The second-order valence-corrected chi connectivity index (χ2v) is 13.9. The zero-order chi connectivity index (χ0) is 34.3. The highest BCUT2D eigenvalue weighted by molar-refractivity contribution is 7.86. The molecule has 47 heavy (non-hydrogen) atoms. The van der Waals surface area contributed by atoms with Crippen molar-refractivity contribution in [2.24, 2.45) is 20.5 Å². The third kappa shape index (κ3) is 6.89. The van der Waals surface area contributed by atoms with E-state index in [0.29, 0.717) is 5.39 Å². The van der Waals surface area contributed by atoms with Crippen LogP contribution in [0.2, 0.25) is 0 Å². The third-order valence-electron chi connectivity index (χ3n) is 6.82. The Morgan fingerprint density at radius 3 is 1.55 bits per heavy atom. The number of nitrogens with two attached hydrogens (primary N) is 1. The number of nitrogens with zero attached hydrogens (tertiary/aromatic N) is 4. The molecule has 5 aromatic carbocycles. The molecule has 0 saturated heterocycles. The van der Waals surface area contributed by atoms with E-state index in [2.05, 4.69) is 20.5 Å². The van der Waals surface area contributed by atoms with Gasteiger partial charge in [0.2, 0.25) is 0 Å². The molecule has 0 amide bonds. The van der Waals surface area contributed by atoms with Crippen LogP contribution in [0.25, 0.3) is 21.5 Å². The highest BCUT2D eigenvalue weighted by atomic mass is 32.2. The fraction of sp³-hybridized carbons (Fsp3) is 0.0714. The topological polar surface area (TPSA) is 257 Å². The summed E-state index contributed by atoms with van der Waals surface area (Å²) in [5.74, 6) is 0.318. The lowest BCUT2D eigenvalue weighted by atomic mass is 10.1. The minimum Gasteiger partial charge on any atom is -0.497 e. The van der Waals surface area contributed by atoms with Gasteiger partial charge < -0.3 is 15.2 Å². The third-order valence-corrected chi connectivity index (χ3v) is 9.41. The quantitative estimate of drug-likeness (QED) is 0.0765. The number of ether oxygens (including phenoxy) is 2. The normalized spacial score (nSPS) is 12.8. The molecule has 16 nitrogen and oxygen atoms in total. The largest absolute Gasteiger partial charge is 0.497 e. The molecule has 244 valence electrons. The van der Waals surface area contributed by atoms with Crippen molar-refractivity contribution in [1.29, 1.82) is 0 Å². The first kappa shape index (κ1) is 33.3. The molecule has 0 fully saturated rings. The van der Waals surface area contributed by atoms with Gasteiger partial charge in [-0.15, -0.1) is 20.5 Å². The van der Waals surface area contributed by atoms with Crippen molar-refractivity contribution >= 4 is 80.3 Å². The lowest BCUT2D eigenvalue weighted by Crippen LogP contribution is -1.99. The van der Waals surface area contributed by atoms with E-state index >= 15 is 0 Å². The van der Waals surface area contributed by atoms with Crippen LogP contribution < -0.4 is 15.2 Å². The molecule has 0 atom stereocenters. The average Bonchev–Trinajstić information content (AvgIpc) is 3.01. The van der Waals surface area contributed by atoms with Crippen molar-refractivity contribution in [2.45, 2.75) is 14.7 Å². The Kier molecular flexibility index (Phi) is 8.71. The Morgan fingerprint density at radius 2 is 1.02 bits per heavy atom. The summed E-state index contributed by atoms with van der Waals surface area (Å²) in [5, 5.41) is 17.4. The second kappa shape index (κ2) is 12.3. The number of methoxy groups -OCH3 is 2. The Morgan fingerprint density at radius 1 is 0.532 bits per heavy atom.